The van der Waals surface area contributed by atoms with Gasteiger partial charge in [-0.25, -0.2) is 0 Å². The maximum Gasteiger partial charge on any atom is 0.411 e. The van der Waals surface area contributed by atoms with Gasteiger partial charge in [-0.05, 0) is 45.4 Å². The summed E-state index contributed by atoms with van der Waals surface area (Å²) in [7, 11) is 0. The Bertz CT molecular complexity index is 1550. The van der Waals surface area contributed by atoms with Gasteiger partial charge in [-0.2, -0.15) is 9.36 Å². The molecule has 0 radical (unpaired) electrons. The number of anilines is 4. The van der Waals surface area contributed by atoms with Crippen molar-refractivity contribution < 1.29 is 43.3 Å². The van der Waals surface area contributed by atoms with Crippen molar-refractivity contribution in [2.24, 2.45) is 0 Å². The van der Waals surface area contributed by atoms with Crippen LogP contribution in [0.3, 0.4) is 0 Å². The fourth-order valence-corrected chi connectivity index (χ4v) is 4.39. The lowest BCUT2D eigenvalue weighted by Gasteiger charge is -2.08. The third-order valence-electron chi connectivity index (χ3n) is 6.26. The first-order chi connectivity index (χ1) is 19.5. The number of halogens is 2. The molecule has 0 saturated carbocycles. The molecule has 12 heteroatoms. The van der Waals surface area contributed by atoms with Crippen molar-refractivity contribution >= 4 is 23.8 Å². The van der Waals surface area contributed by atoms with Gasteiger partial charge in [0.25, 0.3) is 0 Å². The summed E-state index contributed by atoms with van der Waals surface area (Å²) in [6.45, 7) is 1.23. The standard InChI is InChI=1S/2C15H15N5.2BrH/c2*16-14-18-15(17)20(13-9-5-2-6-10-13)19(14)11-12-7-3-1-4-8-12;;/h2*1-10H,11H2,(H3,16,17,18);2*1H. The number of aromatic nitrogens is 6. The van der Waals surface area contributed by atoms with Gasteiger partial charge in [0.1, 0.15) is 13.1 Å². The highest BCUT2D eigenvalue weighted by atomic mass is 79.9. The highest BCUT2D eigenvalue weighted by molar-refractivity contribution is 5.38. The molecule has 0 unspecified atom stereocenters. The smallest absolute Gasteiger partial charge is 0.411 e. The predicted octanol–water partition coefficient (Wildman–Crippen LogP) is -3.25. The highest BCUT2D eigenvalue weighted by Gasteiger charge is 2.21. The predicted molar refractivity (Wildman–Crippen MR) is 156 cm³/mol. The first-order valence-electron chi connectivity index (χ1n) is 12.8. The summed E-state index contributed by atoms with van der Waals surface area (Å²) in [5.41, 5.74) is 28.1. The summed E-state index contributed by atoms with van der Waals surface area (Å²) < 4.78 is 7.37. The maximum atomic E-state index is 5.98. The molecule has 2 heterocycles. The van der Waals surface area contributed by atoms with E-state index in [1.54, 1.807) is 0 Å². The van der Waals surface area contributed by atoms with Crippen LogP contribution in [0.1, 0.15) is 11.1 Å². The van der Waals surface area contributed by atoms with E-state index in [-0.39, 0.29) is 34.0 Å². The number of para-hydroxylation sites is 2. The fraction of sp³-hybridized carbons (Fsp3) is 0.0667. The van der Waals surface area contributed by atoms with Gasteiger partial charge >= 0.3 is 23.8 Å². The van der Waals surface area contributed by atoms with Crippen molar-refractivity contribution in [3.63, 3.8) is 0 Å². The van der Waals surface area contributed by atoms with E-state index in [0.29, 0.717) is 36.9 Å². The lowest BCUT2D eigenvalue weighted by atomic mass is 10.2. The Hall–Kier alpha value is -4.68. The van der Waals surface area contributed by atoms with Crippen molar-refractivity contribution in [3.8, 4) is 11.4 Å². The maximum absolute atomic E-state index is 5.98. The minimum Gasteiger partial charge on any atom is -1.00 e. The van der Waals surface area contributed by atoms with Gasteiger partial charge in [0.2, 0.25) is 0 Å². The monoisotopic (exact) mass is 690 g/mol. The van der Waals surface area contributed by atoms with Crippen molar-refractivity contribution in [1.82, 2.24) is 19.3 Å². The Morgan fingerprint density at radius 3 is 1.05 bits per heavy atom. The molecule has 0 amide bonds. The van der Waals surface area contributed by atoms with E-state index in [0.717, 1.165) is 22.5 Å². The second kappa shape index (κ2) is 14.8. The van der Waals surface area contributed by atoms with E-state index >= 15 is 0 Å². The summed E-state index contributed by atoms with van der Waals surface area (Å²) in [5.74, 6) is 1.56. The molecule has 0 aliphatic rings. The van der Waals surface area contributed by atoms with Gasteiger partial charge in [-0.3, -0.25) is 11.5 Å². The number of benzene rings is 4. The molecule has 0 bridgehead atoms. The molecule has 0 fully saturated rings. The van der Waals surface area contributed by atoms with Crippen LogP contribution in [0.4, 0.5) is 23.8 Å². The molecule has 10 nitrogen and oxygen atoms in total. The molecular formula is C30H32Br2N10. The minimum atomic E-state index is 0. The second-order valence-electron chi connectivity index (χ2n) is 9.04. The van der Waals surface area contributed by atoms with Gasteiger partial charge < -0.3 is 45.4 Å². The second-order valence-corrected chi connectivity index (χ2v) is 9.04. The van der Waals surface area contributed by atoms with E-state index in [2.05, 4.69) is 9.97 Å². The largest absolute Gasteiger partial charge is 1.00 e. The Balaban J connectivity index is 0.000000220. The van der Waals surface area contributed by atoms with Crippen LogP contribution < -0.4 is 66.3 Å². The first kappa shape index (κ1) is 31.8. The van der Waals surface area contributed by atoms with Crippen LogP contribution in [0.15, 0.2) is 121 Å². The van der Waals surface area contributed by atoms with E-state index in [4.69, 9.17) is 22.9 Å². The van der Waals surface area contributed by atoms with Gasteiger partial charge in [-0.1, -0.05) is 97.1 Å². The molecule has 0 atom stereocenters. The van der Waals surface area contributed by atoms with E-state index in [9.17, 15) is 0 Å². The lowest BCUT2D eigenvalue weighted by molar-refractivity contribution is -0.746. The minimum absolute atomic E-state index is 0. The van der Waals surface area contributed by atoms with Crippen LogP contribution in [-0.2, 0) is 13.1 Å². The molecule has 0 aliphatic heterocycles. The van der Waals surface area contributed by atoms with Crippen LogP contribution >= 0.6 is 0 Å². The average molecular weight is 692 g/mol. The van der Waals surface area contributed by atoms with E-state index in [1.807, 2.05) is 140 Å². The van der Waals surface area contributed by atoms with Crippen molar-refractivity contribution in [2.45, 2.75) is 13.1 Å². The summed E-state index contributed by atoms with van der Waals surface area (Å²) in [6.07, 6.45) is 0. The lowest BCUT2D eigenvalue weighted by Crippen LogP contribution is -3.00. The normalized spacial score (nSPS) is 10.1. The van der Waals surface area contributed by atoms with Gasteiger partial charge in [0.05, 0.1) is 11.4 Å². The summed E-state index contributed by atoms with van der Waals surface area (Å²) in [5, 5.41) is 0. The Morgan fingerprint density at radius 1 is 0.452 bits per heavy atom. The third kappa shape index (κ3) is 7.33. The molecule has 6 rings (SSSR count). The van der Waals surface area contributed by atoms with Gasteiger partial charge in [-0.15, -0.1) is 9.36 Å². The van der Waals surface area contributed by atoms with Gasteiger partial charge in [0, 0.05) is 0 Å². The number of hydrogen-bond acceptors (Lipinski definition) is 6. The molecule has 2 aromatic heterocycles. The van der Waals surface area contributed by atoms with E-state index in [1.165, 1.54) is 0 Å². The topological polar surface area (TPSA) is 147 Å². The molecule has 0 saturated heterocycles. The Kier molecular flexibility index (Phi) is 11.2. The summed E-state index contributed by atoms with van der Waals surface area (Å²) >= 11 is 0. The van der Waals surface area contributed by atoms with Crippen LogP contribution in [0.5, 0.6) is 0 Å². The SMILES string of the molecule is Nc1nc(N)[n+](Cc2ccccc2)n1-c1ccccc1.Nc1nc(N)[n+](Cc2ccccc2)n1-c1ccccc1.[Br-].[Br-]. The molecular weight excluding hydrogens is 660 g/mol. The quantitative estimate of drug-likeness (QED) is 0.135. The number of rotatable bonds is 6. The van der Waals surface area contributed by atoms with Crippen molar-refractivity contribution in [3.05, 3.63) is 132 Å². The Labute approximate surface area is 265 Å². The van der Waals surface area contributed by atoms with E-state index < -0.39 is 0 Å². The third-order valence-corrected chi connectivity index (χ3v) is 6.26. The fourth-order valence-electron chi connectivity index (χ4n) is 4.39. The molecule has 0 spiro atoms. The Morgan fingerprint density at radius 2 is 0.738 bits per heavy atom. The zero-order valence-electron chi connectivity index (χ0n) is 22.7. The van der Waals surface area contributed by atoms with Crippen LogP contribution in [-0.4, -0.2) is 19.3 Å². The number of nitrogen functional groups attached to an aromatic ring is 4. The summed E-state index contributed by atoms with van der Waals surface area (Å²) in [4.78, 5) is 8.33. The summed E-state index contributed by atoms with van der Waals surface area (Å²) in [6, 6.07) is 39.8. The number of hydrogen-bond donors (Lipinski definition) is 4. The zero-order valence-corrected chi connectivity index (χ0v) is 25.9. The molecule has 216 valence electrons. The molecule has 8 N–H and O–H groups in total. The van der Waals surface area contributed by atoms with Crippen molar-refractivity contribution in [2.75, 3.05) is 22.9 Å². The molecule has 6 aromatic rings. The average Bonchev–Trinajstić information content (AvgIpc) is 3.43. The first-order valence-corrected chi connectivity index (χ1v) is 12.8. The molecule has 4 aromatic carbocycles. The van der Waals surface area contributed by atoms with Gasteiger partial charge in [0.15, 0.2) is 0 Å². The molecule has 42 heavy (non-hydrogen) atoms. The van der Waals surface area contributed by atoms with Crippen LogP contribution in [0.25, 0.3) is 11.4 Å². The van der Waals surface area contributed by atoms with Crippen LogP contribution in [0.2, 0.25) is 0 Å². The van der Waals surface area contributed by atoms with Crippen LogP contribution in [0, 0.1) is 0 Å². The highest BCUT2D eigenvalue weighted by Crippen LogP contribution is 2.13. The number of nitrogens with two attached hydrogens (primary N) is 4. The zero-order chi connectivity index (χ0) is 27.9. The van der Waals surface area contributed by atoms with Crippen molar-refractivity contribution in [1.29, 1.82) is 0 Å². The molecule has 0 aliphatic carbocycles. The number of nitrogens with zero attached hydrogens (tertiary/aromatic N) is 6.